The summed E-state index contributed by atoms with van der Waals surface area (Å²) >= 11 is 0. The Balaban J connectivity index is 2.42. The van der Waals surface area contributed by atoms with Crippen molar-refractivity contribution >= 4 is 7.82 Å². The van der Waals surface area contributed by atoms with Crippen molar-refractivity contribution in [3.8, 4) is 16.9 Å². The highest BCUT2D eigenvalue weighted by Crippen LogP contribution is 2.56. The SMILES string of the molecule is CC(C)(C)OP(=O)(Oc1ccccc1-c1ccccc1)OC(C)(C)C. The second kappa shape index (κ2) is 7.33. The van der Waals surface area contributed by atoms with Crippen LogP contribution in [0.4, 0.5) is 0 Å². The van der Waals surface area contributed by atoms with E-state index in [-0.39, 0.29) is 0 Å². The minimum atomic E-state index is -3.83. The van der Waals surface area contributed by atoms with Gasteiger partial charge in [-0.3, -0.25) is 9.05 Å². The third kappa shape index (κ3) is 6.32. The highest BCUT2D eigenvalue weighted by atomic mass is 31.2. The first-order valence-corrected chi connectivity index (χ1v) is 9.79. The minimum absolute atomic E-state index is 0.463. The van der Waals surface area contributed by atoms with Crippen LogP contribution in [-0.2, 0) is 13.6 Å². The molecule has 0 saturated heterocycles. The molecule has 2 rings (SSSR count). The summed E-state index contributed by atoms with van der Waals surface area (Å²) in [6.45, 7) is 10.9. The maximum atomic E-state index is 13.3. The van der Waals surface area contributed by atoms with E-state index in [9.17, 15) is 4.57 Å². The van der Waals surface area contributed by atoms with Gasteiger partial charge >= 0.3 is 7.82 Å². The van der Waals surface area contributed by atoms with Crippen molar-refractivity contribution in [2.24, 2.45) is 0 Å². The van der Waals surface area contributed by atoms with Crippen molar-refractivity contribution in [1.82, 2.24) is 0 Å². The van der Waals surface area contributed by atoms with E-state index in [1.54, 1.807) is 6.07 Å². The lowest BCUT2D eigenvalue weighted by atomic mass is 10.1. The average molecular weight is 362 g/mol. The molecule has 25 heavy (non-hydrogen) atoms. The Morgan fingerprint density at radius 3 is 1.72 bits per heavy atom. The summed E-state index contributed by atoms with van der Waals surface area (Å²) in [5, 5.41) is 0. The molecule has 0 fully saturated rings. The first-order chi connectivity index (χ1) is 11.5. The molecule has 0 aromatic heterocycles. The number of para-hydroxylation sites is 1. The van der Waals surface area contributed by atoms with Gasteiger partial charge in [-0.25, -0.2) is 4.57 Å². The Bertz CT molecular complexity index is 722. The molecule has 0 aliphatic rings. The van der Waals surface area contributed by atoms with Crippen LogP contribution in [0.5, 0.6) is 5.75 Å². The molecule has 0 aliphatic carbocycles. The van der Waals surface area contributed by atoms with Gasteiger partial charge in [-0.2, -0.15) is 0 Å². The number of phosphoric ester groups is 1. The van der Waals surface area contributed by atoms with Crippen molar-refractivity contribution in [2.45, 2.75) is 52.7 Å². The third-order valence-electron chi connectivity index (χ3n) is 2.95. The van der Waals surface area contributed by atoms with Gasteiger partial charge in [-0.05, 0) is 53.2 Å². The van der Waals surface area contributed by atoms with Crippen LogP contribution >= 0.6 is 7.82 Å². The summed E-state index contributed by atoms with van der Waals surface area (Å²) in [6, 6.07) is 17.2. The van der Waals surface area contributed by atoms with Crippen molar-refractivity contribution in [3.63, 3.8) is 0 Å². The van der Waals surface area contributed by atoms with E-state index in [1.807, 2.05) is 90.1 Å². The van der Waals surface area contributed by atoms with Crippen LogP contribution in [-0.4, -0.2) is 11.2 Å². The van der Waals surface area contributed by atoms with Crippen LogP contribution in [0, 0.1) is 0 Å². The molecule has 0 bridgehead atoms. The van der Waals surface area contributed by atoms with E-state index in [4.69, 9.17) is 13.6 Å². The molecule has 2 aromatic carbocycles. The Labute approximate surface area is 150 Å². The average Bonchev–Trinajstić information content (AvgIpc) is 2.44. The summed E-state index contributed by atoms with van der Waals surface area (Å²) in [4.78, 5) is 0. The van der Waals surface area contributed by atoms with E-state index >= 15 is 0 Å². The van der Waals surface area contributed by atoms with Gasteiger partial charge in [0.25, 0.3) is 0 Å². The van der Waals surface area contributed by atoms with Gasteiger partial charge in [0.05, 0.1) is 11.2 Å². The largest absolute Gasteiger partial charge is 0.531 e. The van der Waals surface area contributed by atoms with Crippen LogP contribution < -0.4 is 4.52 Å². The number of hydrogen-bond acceptors (Lipinski definition) is 4. The molecule has 0 radical (unpaired) electrons. The number of benzene rings is 2. The van der Waals surface area contributed by atoms with Gasteiger partial charge in [0.1, 0.15) is 5.75 Å². The molecule has 136 valence electrons. The molecular weight excluding hydrogens is 335 g/mol. The van der Waals surface area contributed by atoms with Crippen LogP contribution in [0.25, 0.3) is 11.1 Å². The second-order valence-corrected chi connectivity index (χ2v) is 9.25. The van der Waals surface area contributed by atoms with Crippen LogP contribution in [0.2, 0.25) is 0 Å². The molecule has 4 nitrogen and oxygen atoms in total. The summed E-state index contributed by atoms with van der Waals surface area (Å²) in [7, 11) is -3.83. The third-order valence-corrected chi connectivity index (χ3v) is 4.92. The normalized spacial score (nSPS) is 12.9. The number of hydrogen-bond donors (Lipinski definition) is 0. The van der Waals surface area contributed by atoms with E-state index < -0.39 is 19.0 Å². The monoisotopic (exact) mass is 362 g/mol. The zero-order valence-corrected chi connectivity index (χ0v) is 16.7. The molecule has 0 N–H and O–H groups in total. The predicted molar refractivity (Wildman–Crippen MR) is 102 cm³/mol. The van der Waals surface area contributed by atoms with Gasteiger partial charge in [-0.15, -0.1) is 0 Å². The topological polar surface area (TPSA) is 44.8 Å². The maximum Gasteiger partial charge on any atom is 0.531 e. The molecule has 0 spiro atoms. The van der Waals surface area contributed by atoms with Crippen molar-refractivity contribution in [3.05, 3.63) is 54.6 Å². The fraction of sp³-hybridized carbons (Fsp3) is 0.400. The lowest BCUT2D eigenvalue weighted by molar-refractivity contribution is 0.0225. The van der Waals surface area contributed by atoms with Gasteiger partial charge in [-0.1, -0.05) is 48.5 Å². The second-order valence-electron chi connectivity index (χ2n) is 7.81. The number of phosphoric acid groups is 1. The molecule has 0 saturated carbocycles. The summed E-state index contributed by atoms with van der Waals surface area (Å²) in [6.07, 6.45) is 0. The van der Waals surface area contributed by atoms with Crippen molar-refractivity contribution in [1.29, 1.82) is 0 Å². The van der Waals surface area contributed by atoms with Gasteiger partial charge in [0.15, 0.2) is 0 Å². The highest BCUT2D eigenvalue weighted by Gasteiger charge is 2.39. The van der Waals surface area contributed by atoms with Gasteiger partial charge < -0.3 is 4.52 Å². The van der Waals surface area contributed by atoms with Gasteiger partial charge in [0, 0.05) is 5.56 Å². The van der Waals surface area contributed by atoms with E-state index in [0.717, 1.165) is 11.1 Å². The Morgan fingerprint density at radius 1 is 0.720 bits per heavy atom. The van der Waals surface area contributed by atoms with E-state index in [1.165, 1.54) is 0 Å². The molecule has 0 atom stereocenters. The Hall–Kier alpha value is -1.61. The first kappa shape index (κ1) is 19.7. The molecule has 0 unspecified atom stereocenters. The van der Waals surface area contributed by atoms with E-state index in [0.29, 0.717) is 5.75 Å². The number of rotatable bonds is 5. The molecular formula is C20H27O4P. The fourth-order valence-electron chi connectivity index (χ4n) is 2.25. The summed E-state index contributed by atoms with van der Waals surface area (Å²) < 4.78 is 30.6. The first-order valence-electron chi connectivity index (χ1n) is 8.33. The fourth-order valence-corrected chi connectivity index (χ4v) is 4.10. The van der Waals surface area contributed by atoms with Crippen LogP contribution in [0.3, 0.4) is 0 Å². The summed E-state index contributed by atoms with van der Waals surface area (Å²) in [5.41, 5.74) is 0.444. The minimum Gasteiger partial charge on any atom is -0.403 e. The molecule has 0 amide bonds. The zero-order valence-electron chi connectivity index (χ0n) is 15.8. The standard InChI is InChI=1S/C20H27O4P/c1-19(2,3)23-25(21,24-20(4,5)6)22-18-15-11-10-14-17(18)16-12-8-7-9-13-16/h7-15H,1-6H3. The van der Waals surface area contributed by atoms with Gasteiger partial charge in [0.2, 0.25) is 0 Å². The molecule has 0 heterocycles. The summed E-state index contributed by atoms with van der Waals surface area (Å²) in [5.74, 6) is 0.463. The lowest BCUT2D eigenvalue weighted by Crippen LogP contribution is -2.25. The quantitative estimate of drug-likeness (QED) is 0.572. The molecule has 2 aromatic rings. The smallest absolute Gasteiger partial charge is 0.403 e. The lowest BCUT2D eigenvalue weighted by Gasteiger charge is -2.31. The van der Waals surface area contributed by atoms with Crippen LogP contribution in [0.15, 0.2) is 54.6 Å². The zero-order chi connectivity index (χ0) is 18.7. The highest BCUT2D eigenvalue weighted by molar-refractivity contribution is 7.49. The van der Waals surface area contributed by atoms with Crippen LogP contribution in [0.1, 0.15) is 41.5 Å². The molecule has 5 heteroatoms. The maximum absolute atomic E-state index is 13.3. The van der Waals surface area contributed by atoms with Crippen molar-refractivity contribution < 1.29 is 18.1 Å². The Kier molecular flexibility index (Phi) is 5.78. The van der Waals surface area contributed by atoms with Crippen molar-refractivity contribution in [2.75, 3.05) is 0 Å². The molecule has 0 aliphatic heterocycles. The van der Waals surface area contributed by atoms with E-state index in [2.05, 4.69) is 0 Å². The predicted octanol–water partition coefficient (Wildman–Crippen LogP) is 6.47. The Morgan fingerprint density at radius 2 is 1.20 bits per heavy atom.